The smallest absolute Gasteiger partial charge is 0.308 e. The van der Waals surface area contributed by atoms with Crippen molar-refractivity contribution in [3.63, 3.8) is 0 Å². The molecule has 142 valence electrons. The summed E-state index contributed by atoms with van der Waals surface area (Å²) in [7, 11) is 1.65. The average molecular weight is 389 g/mol. The maximum absolute atomic E-state index is 12.0. The highest BCUT2D eigenvalue weighted by molar-refractivity contribution is 6.30. The second-order valence-electron chi connectivity index (χ2n) is 5.91. The molecule has 0 unspecified atom stereocenters. The van der Waals surface area contributed by atoms with Crippen LogP contribution in [0.3, 0.4) is 0 Å². The van der Waals surface area contributed by atoms with Gasteiger partial charge in [-0.1, -0.05) is 41.9 Å². The number of halogens is 1. The molecule has 0 aliphatic carbocycles. The standard InChI is InChI=1S/C20H21ClN2O4/c1-23(13-15-5-3-2-4-6-15)18(24)14-27-19(25)11-12-22-20(26)16-7-9-17(21)10-8-16/h2-10H,11-14H2,1H3,(H,22,26). The summed E-state index contributed by atoms with van der Waals surface area (Å²) in [6, 6.07) is 15.9. The summed E-state index contributed by atoms with van der Waals surface area (Å²) in [4.78, 5) is 37.1. The van der Waals surface area contributed by atoms with Crippen LogP contribution in [0.15, 0.2) is 54.6 Å². The van der Waals surface area contributed by atoms with Gasteiger partial charge in [-0.05, 0) is 29.8 Å². The van der Waals surface area contributed by atoms with Gasteiger partial charge >= 0.3 is 5.97 Å². The van der Waals surface area contributed by atoms with Crippen molar-refractivity contribution < 1.29 is 19.1 Å². The zero-order valence-corrected chi connectivity index (χ0v) is 15.7. The van der Waals surface area contributed by atoms with Crippen molar-refractivity contribution >= 4 is 29.4 Å². The molecule has 2 amide bonds. The number of nitrogens with one attached hydrogen (secondary N) is 1. The molecule has 2 aromatic carbocycles. The van der Waals surface area contributed by atoms with Gasteiger partial charge in [-0.3, -0.25) is 14.4 Å². The molecular formula is C20H21ClN2O4. The molecule has 0 radical (unpaired) electrons. The predicted molar refractivity (Wildman–Crippen MR) is 102 cm³/mol. The Bertz CT molecular complexity index is 778. The van der Waals surface area contributed by atoms with E-state index < -0.39 is 5.97 Å². The van der Waals surface area contributed by atoms with E-state index in [1.165, 1.54) is 4.90 Å². The van der Waals surface area contributed by atoms with Crippen LogP contribution in [0.5, 0.6) is 0 Å². The lowest BCUT2D eigenvalue weighted by Crippen LogP contribution is -2.31. The Balaban J connectivity index is 1.66. The highest BCUT2D eigenvalue weighted by Gasteiger charge is 2.13. The first kappa shape index (κ1) is 20.5. The molecule has 27 heavy (non-hydrogen) atoms. The Morgan fingerprint density at radius 3 is 2.37 bits per heavy atom. The van der Waals surface area contributed by atoms with Crippen molar-refractivity contribution in [1.82, 2.24) is 10.2 Å². The summed E-state index contributed by atoms with van der Waals surface area (Å²) in [5.41, 5.74) is 1.44. The van der Waals surface area contributed by atoms with Crippen molar-refractivity contribution in [2.45, 2.75) is 13.0 Å². The van der Waals surface area contributed by atoms with E-state index in [1.807, 2.05) is 30.3 Å². The molecule has 0 atom stereocenters. The van der Waals surface area contributed by atoms with Crippen molar-refractivity contribution in [2.24, 2.45) is 0 Å². The zero-order valence-electron chi connectivity index (χ0n) is 15.0. The normalized spacial score (nSPS) is 10.1. The first-order valence-electron chi connectivity index (χ1n) is 8.43. The third kappa shape index (κ3) is 7.11. The number of carbonyl (C=O) groups is 3. The van der Waals surface area contributed by atoms with Gasteiger partial charge in [0, 0.05) is 30.7 Å². The number of benzene rings is 2. The minimum atomic E-state index is -0.548. The van der Waals surface area contributed by atoms with E-state index >= 15 is 0 Å². The van der Waals surface area contributed by atoms with Crippen LogP contribution < -0.4 is 5.32 Å². The highest BCUT2D eigenvalue weighted by Crippen LogP contribution is 2.09. The lowest BCUT2D eigenvalue weighted by molar-refractivity contribution is -0.151. The van der Waals surface area contributed by atoms with E-state index in [0.717, 1.165) is 5.56 Å². The van der Waals surface area contributed by atoms with E-state index in [9.17, 15) is 14.4 Å². The Hall–Kier alpha value is -2.86. The number of likely N-dealkylation sites (N-methyl/N-ethyl adjacent to an activating group) is 1. The Labute approximate surface area is 163 Å². The highest BCUT2D eigenvalue weighted by atomic mass is 35.5. The lowest BCUT2D eigenvalue weighted by Gasteiger charge is -2.17. The molecule has 0 heterocycles. The Kier molecular flexibility index (Phi) is 7.82. The van der Waals surface area contributed by atoms with Crippen molar-refractivity contribution in [2.75, 3.05) is 20.2 Å². The first-order chi connectivity index (χ1) is 13.0. The number of hydrogen-bond acceptors (Lipinski definition) is 4. The molecule has 1 N–H and O–H groups in total. The molecule has 0 aliphatic rings. The molecule has 7 heteroatoms. The zero-order chi connectivity index (χ0) is 19.6. The summed E-state index contributed by atoms with van der Waals surface area (Å²) in [5.74, 6) is -1.15. The molecular weight excluding hydrogens is 368 g/mol. The molecule has 0 aliphatic heterocycles. The van der Waals surface area contributed by atoms with Crippen LogP contribution in [0.1, 0.15) is 22.3 Å². The van der Waals surface area contributed by atoms with Crippen molar-refractivity contribution in [3.05, 3.63) is 70.7 Å². The summed E-state index contributed by atoms with van der Waals surface area (Å²) < 4.78 is 4.97. The molecule has 0 aromatic heterocycles. The van der Waals surface area contributed by atoms with E-state index in [2.05, 4.69) is 5.32 Å². The number of rotatable bonds is 8. The van der Waals surface area contributed by atoms with Crippen LogP contribution >= 0.6 is 11.6 Å². The molecule has 6 nitrogen and oxygen atoms in total. The topological polar surface area (TPSA) is 75.7 Å². The first-order valence-corrected chi connectivity index (χ1v) is 8.81. The van der Waals surface area contributed by atoms with Crippen LogP contribution in [0, 0.1) is 0 Å². The van der Waals surface area contributed by atoms with E-state index in [-0.39, 0.29) is 31.4 Å². The molecule has 0 bridgehead atoms. The third-order valence-electron chi connectivity index (χ3n) is 3.77. The maximum Gasteiger partial charge on any atom is 0.308 e. The number of carbonyl (C=O) groups excluding carboxylic acids is 3. The second kappa shape index (κ2) is 10.3. The van der Waals surface area contributed by atoms with Gasteiger partial charge in [0.2, 0.25) is 0 Å². The maximum atomic E-state index is 12.0. The van der Waals surface area contributed by atoms with Gasteiger partial charge in [-0.2, -0.15) is 0 Å². The van der Waals surface area contributed by atoms with Crippen molar-refractivity contribution in [1.29, 1.82) is 0 Å². The third-order valence-corrected chi connectivity index (χ3v) is 4.02. The van der Waals surface area contributed by atoms with Gasteiger partial charge in [0.25, 0.3) is 11.8 Å². The van der Waals surface area contributed by atoms with Crippen LogP contribution in [-0.4, -0.2) is 42.9 Å². The number of ether oxygens (including phenoxy) is 1. The molecule has 0 spiro atoms. The van der Waals surface area contributed by atoms with Gasteiger partial charge < -0.3 is 15.0 Å². The van der Waals surface area contributed by atoms with Gasteiger partial charge in [0.15, 0.2) is 6.61 Å². The largest absolute Gasteiger partial charge is 0.456 e. The molecule has 2 aromatic rings. The minimum absolute atomic E-state index is 0.0188. The van der Waals surface area contributed by atoms with Crippen molar-refractivity contribution in [3.8, 4) is 0 Å². The fourth-order valence-electron chi connectivity index (χ4n) is 2.25. The number of esters is 1. The minimum Gasteiger partial charge on any atom is -0.456 e. The average Bonchev–Trinajstić information content (AvgIpc) is 2.67. The SMILES string of the molecule is CN(Cc1ccccc1)C(=O)COC(=O)CCNC(=O)c1ccc(Cl)cc1. The van der Waals surface area contributed by atoms with Crippen LogP contribution in [0.2, 0.25) is 5.02 Å². The Morgan fingerprint density at radius 2 is 1.70 bits per heavy atom. The van der Waals surface area contributed by atoms with Gasteiger partial charge in [-0.25, -0.2) is 0 Å². The van der Waals surface area contributed by atoms with Gasteiger partial charge in [0.1, 0.15) is 0 Å². The lowest BCUT2D eigenvalue weighted by atomic mass is 10.2. The molecule has 0 saturated carbocycles. The second-order valence-corrected chi connectivity index (χ2v) is 6.35. The molecule has 0 fully saturated rings. The number of amides is 2. The van der Waals surface area contributed by atoms with Crippen LogP contribution in [0.4, 0.5) is 0 Å². The van der Waals surface area contributed by atoms with Gasteiger partial charge in [0.05, 0.1) is 6.42 Å². The van der Waals surface area contributed by atoms with Crippen LogP contribution in [-0.2, 0) is 20.9 Å². The fraction of sp³-hybridized carbons (Fsp3) is 0.250. The van der Waals surface area contributed by atoms with E-state index in [4.69, 9.17) is 16.3 Å². The summed E-state index contributed by atoms with van der Waals surface area (Å²) in [6.45, 7) is 0.232. The summed E-state index contributed by atoms with van der Waals surface area (Å²) >= 11 is 5.77. The van der Waals surface area contributed by atoms with E-state index in [0.29, 0.717) is 17.1 Å². The quantitative estimate of drug-likeness (QED) is 0.705. The predicted octanol–water partition coefficient (Wildman–Crippen LogP) is 2.66. The molecule has 2 rings (SSSR count). The number of hydrogen-bond donors (Lipinski definition) is 1. The Morgan fingerprint density at radius 1 is 1.04 bits per heavy atom. The van der Waals surface area contributed by atoms with Crippen LogP contribution in [0.25, 0.3) is 0 Å². The fourth-order valence-corrected chi connectivity index (χ4v) is 2.38. The molecule has 0 saturated heterocycles. The van der Waals surface area contributed by atoms with Gasteiger partial charge in [-0.15, -0.1) is 0 Å². The monoisotopic (exact) mass is 388 g/mol. The number of nitrogens with zero attached hydrogens (tertiary/aromatic N) is 1. The van der Waals surface area contributed by atoms with E-state index in [1.54, 1.807) is 31.3 Å². The summed E-state index contributed by atoms with van der Waals surface area (Å²) in [5, 5.41) is 3.15. The summed E-state index contributed by atoms with van der Waals surface area (Å²) in [6.07, 6.45) is -0.0188.